The van der Waals surface area contributed by atoms with E-state index in [0.717, 1.165) is 32.7 Å². The van der Waals surface area contributed by atoms with Crippen LogP contribution in [0.4, 0.5) is 10.5 Å². The van der Waals surface area contributed by atoms with Crippen molar-refractivity contribution in [2.24, 2.45) is 0 Å². The molecule has 0 bridgehead atoms. The Balaban J connectivity index is 1.42. The maximum atomic E-state index is 12.8. The molecule has 1 heterocycles. The van der Waals surface area contributed by atoms with Crippen molar-refractivity contribution >= 4 is 11.8 Å². The first-order valence-electron chi connectivity index (χ1n) is 12.4. The van der Waals surface area contributed by atoms with Crippen molar-refractivity contribution in [1.29, 1.82) is 0 Å². The molecule has 8 nitrogen and oxygen atoms in total. The summed E-state index contributed by atoms with van der Waals surface area (Å²) in [4.78, 5) is 17.6. The van der Waals surface area contributed by atoms with Crippen LogP contribution in [0.3, 0.4) is 0 Å². The van der Waals surface area contributed by atoms with Crippen LogP contribution in [0.2, 0.25) is 0 Å². The smallest absolute Gasteiger partial charge is 0.411 e. The number of benzene rings is 3. The zero-order chi connectivity index (χ0) is 26.0. The first-order chi connectivity index (χ1) is 18.1. The summed E-state index contributed by atoms with van der Waals surface area (Å²) in [5, 5.41) is 2.79. The van der Waals surface area contributed by atoms with Gasteiger partial charge in [-0.2, -0.15) is 0 Å². The van der Waals surface area contributed by atoms with E-state index >= 15 is 0 Å². The summed E-state index contributed by atoms with van der Waals surface area (Å²) < 4.78 is 21.8. The fraction of sp³-hybridized carbons (Fsp3) is 0.345. The standard InChI is InChI=1S/C29H35N3O5/c1-34-26-16-24(17-27(35-2)28(26)36-3)30-29(33)37-21-25-20-31(18-22-10-6-4-7-11-22)14-15-32(25)19-23-12-8-5-9-13-23/h4-13,16-17,25H,14-15,18-21H2,1-3H3,(H,30,33). The zero-order valence-electron chi connectivity index (χ0n) is 21.7. The van der Waals surface area contributed by atoms with Gasteiger partial charge >= 0.3 is 6.09 Å². The van der Waals surface area contributed by atoms with Gasteiger partial charge in [0.1, 0.15) is 6.61 Å². The molecule has 0 aromatic heterocycles. The van der Waals surface area contributed by atoms with Crippen LogP contribution in [-0.2, 0) is 17.8 Å². The Morgan fingerprint density at radius 1 is 0.838 bits per heavy atom. The third kappa shape index (κ3) is 7.15. The first-order valence-corrected chi connectivity index (χ1v) is 12.4. The Hall–Kier alpha value is -3.75. The number of piperazine rings is 1. The molecule has 0 spiro atoms. The number of anilines is 1. The van der Waals surface area contributed by atoms with E-state index in [-0.39, 0.29) is 12.6 Å². The average molecular weight is 506 g/mol. The van der Waals surface area contributed by atoms with Crippen LogP contribution in [0.15, 0.2) is 72.8 Å². The van der Waals surface area contributed by atoms with E-state index in [1.165, 1.54) is 32.5 Å². The minimum atomic E-state index is -0.533. The number of carbonyl (C=O) groups excluding carboxylic acids is 1. The van der Waals surface area contributed by atoms with Gasteiger partial charge in [-0.15, -0.1) is 0 Å². The molecular weight excluding hydrogens is 470 g/mol. The molecule has 0 aliphatic carbocycles. The van der Waals surface area contributed by atoms with Crippen molar-refractivity contribution < 1.29 is 23.7 Å². The summed E-state index contributed by atoms with van der Waals surface area (Å²) in [6.07, 6.45) is -0.533. The van der Waals surface area contributed by atoms with E-state index in [9.17, 15) is 4.79 Å². The topological polar surface area (TPSA) is 72.5 Å². The van der Waals surface area contributed by atoms with Crippen molar-refractivity contribution in [3.05, 3.63) is 83.9 Å². The third-order valence-corrected chi connectivity index (χ3v) is 6.48. The second-order valence-electron chi connectivity index (χ2n) is 8.97. The number of nitrogens with zero attached hydrogens (tertiary/aromatic N) is 2. The fourth-order valence-corrected chi connectivity index (χ4v) is 4.61. The molecule has 3 aromatic carbocycles. The second kappa shape index (κ2) is 13.0. The van der Waals surface area contributed by atoms with Gasteiger partial charge in [0.15, 0.2) is 11.5 Å². The number of methoxy groups -OCH3 is 3. The highest BCUT2D eigenvalue weighted by molar-refractivity contribution is 5.86. The number of hydrogen-bond donors (Lipinski definition) is 1. The van der Waals surface area contributed by atoms with Gasteiger partial charge in [0.05, 0.1) is 33.1 Å². The molecule has 0 saturated carbocycles. The monoisotopic (exact) mass is 505 g/mol. The van der Waals surface area contributed by atoms with Crippen molar-refractivity contribution in [3.8, 4) is 17.2 Å². The number of rotatable bonds is 10. The molecule has 1 atom stereocenters. The van der Waals surface area contributed by atoms with Gasteiger partial charge in [0, 0.05) is 44.9 Å². The molecule has 196 valence electrons. The predicted molar refractivity (Wildman–Crippen MR) is 143 cm³/mol. The van der Waals surface area contributed by atoms with E-state index in [1.807, 2.05) is 12.1 Å². The molecule has 1 aliphatic heterocycles. The molecule has 1 fully saturated rings. The summed E-state index contributed by atoms with van der Waals surface area (Å²) in [7, 11) is 4.60. The van der Waals surface area contributed by atoms with E-state index in [1.54, 1.807) is 12.1 Å². The lowest BCUT2D eigenvalue weighted by atomic mass is 10.1. The SMILES string of the molecule is COc1cc(NC(=O)OCC2CN(Cc3ccccc3)CCN2Cc2ccccc2)cc(OC)c1OC. The van der Waals surface area contributed by atoms with Crippen LogP contribution in [-0.4, -0.2) is 69.5 Å². The maximum absolute atomic E-state index is 12.8. The van der Waals surface area contributed by atoms with Crippen molar-refractivity contribution in [1.82, 2.24) is 9.80 Å². The van der Waals surface area contributed by atoms with E-state index < -0.39 is 6.09 Å². The second-order valence-corrected chi connectivity index (χ2v) is 8.97. The maximum Gasteiger partial charge on any atom is 0.411 e. The summed E-state index contributed by atoms with van der Waals surface area (Å²) in [5.74, 6) is 1.37. The van der Waals surface area contributed by atoms with Gasteiger partial charge in [-0.25, -0.2) is 4.79 Å². The van der Waals surface area contributed by atoms with Crippen LogP contribution in [0, 0.1) is 0 Å². The average Bonchev–Trinajstić information content (AvgIpc) is 2.93. The molecule has 1 amide bonds. The molecule has 1 saturated heterocycles. The lowest BCUT2D eigenvalue weighted by Gasteiger charge is -2.41. The molecule has 8 heteroatoms. The molecule has 0 radical (unpaired) electrons. The van der Waals surface area contributed by atoms with Gasteiger partial charge in [-0.3, -0.25) is 15.1 Å². The lowest BCUT2D eigenvalue weighted by Crippen LogP contribution is -2.54. The molecule has 1 N–H and O–H groups in total. The molecule has 37 heavy (non-hydrogen) atoms. The Labute approximate surface area is 218 Å². The number of ether oxygens (including phenoxy) is 4. The summed E-state index contributed by atoms with van der Waals surface area (Å²) in [5.41, 5.74) is 3.01. The van der Waals surface area contributed by atoms with Gasteiger partial charge in [-0.1, -0.05) is 60.7 Å². The van der Waals surface area contributed by atoms with Crippen LogP contribution in [0.5, 0.6) is 17.2 Å². The molecule has 1 unspecified atom stereocenters. The Bertz CT molecular complexity index is 1120. The minimum absolute atomic E-state index is 0.0587. The van der Waals surface area contributed by atoms with Crippen LogP contribution in [0.1, 0.15) is 11.1 Å². The van der Waals surface area contributed by atoms with Gasteiger partial charge < -0.3 is 18.9 Å². The Kier molecular flexibility index (Phi) is 9.24. The Morgan fingerprint density at radius 2 is 1.43 bits per heavy atom. The quantitative estimate of drug-likeness (QED) is 0.430. The molecule has 3 aromatic rings. The zero-order valence-corrected chi connectivity index (χ0v) is 21.7. The predicted octanol–water partition coefficient (Wildman–Crippen LogP) is 4.65. The van der Waals surface area contributed by atoms with Crippen LogP contribution in [0.25, 0.3) is 0 Å². The number of nitrogens with one attached hydrogen (secondary N) is 1. The van der Waals surface area contributed by atoms with Crippen molar-refractivity contribution in [2.45, 2.75) is 19.1 Å². The molecule has 1 aliphatic rings. The van der Waals surface area contributed by atoms with E-state index in [4.69, 9.17) is 18.9 Å². The molecular formula is C29H35N3O5. The third-order valence-electron chi connectivity index (χ3n) is 6.48. The van der Waals surface area contributed by atoms with Crippen LogP contribution >= 0.6 is 0 Å². The lowest BCUT2D eigenvalue weighted by molar-refractivity contribution is 0.0261. The van der Waals surface area contributed by atoms with Crippen molar-refractivity contribution in [3.63, 3.8) is 0 Å². The summed E-state index contributed by atoms with van der Waals surface area (Å²) in [6, 6.07) is 24.2. The normalized spacial score (nSPS) is 16.1. The van der Waals surface area contributed by atoms with Crippen LogP contribution < -0.4 is 19.5 Å². The minimum Gasteiger partial charge on any atom is -0.493 e. The van der Waals surface area contributed by atoms with Gasteiger partial charge in [0.25, 0.3) is 0 Å². The van der Waals surface area contributed by atoms with E-state index in [2.05, 4.69) is 63.6 Å². The first kappa shape index (κ1) is 26.3. The molecule has 4 rings (SSSR count). The number of carbonyl (C=O) groups is 1. The van der Waals surface area contributed by atoms with Crippen molar-refractivity contribution in [2.75, 3.05) is 52.9 Å². The highest BCUT2D eigenvalue weighted by Gasteiger charge is 2.28. The van der Waals surface area contributed by atoms with Gasteiger partial charge in [0.2, 0.25) is 5.75 Å². The highest BCUT2D eigenvalue weighted by Crippen LogP contribution is 2.40. The summed E-state index contributed by atoms with van der Waals surface area (Å²) >= 11 is 0. The Morgan fingerprint density at radius 3 is 2.00 bits per heavy atom. The summed E-state index contributed by atoms with van der Waals surface area (Å²) in [6.45, 7) is 4.60. The van der Waals surface area contributed by atoms with E-state index in [0.29, 0.717) is 22.9 Å². The van der Waals surface area contributed by atoms with Gasteiger partial charge in [-0.05, 0) is 11.1 Å². The number of hydrogen-bond acceptors (Lipinski definition) is 7. The largest absolute Gasteiger partial charge is 0.493 e. The number of amides is 1. The highest BCUT2D eigenvalue weighted by atomic mass is 16.6. The fourth-order valence-electron chi connectivity index (χ4n) is 4.61.